The van der Waals surface area contributed by atoms with Gasteiger partial charge in [0.25, 0.3) is 5.56 Å². The van der Waals surface area contributed by atoms with Gasteiger partial charge in [-0.3, -0.25) is 4.79 Å². The average Bonchev–Trinajstić information content (AvgIpc) is 2.95. The van der Waals surface area contributed by atoms with Crippen LogP contribution in [0.4, 0.5) is 0 Å². The van der Waals surface area contributed by atoms with Crippen molar-refractivity contribution in [1.29, 1.82) is 0 Å². The molecule has 0 amide bonds. The zero-order valence-corrected chi connectivity index (χ0v) is 13.1. The van der Waals surface area contributed by atoms with Crippen LogP contribution in [-0.4, -0.2) is 26.1 Å². The Hall–Kier alpha value is -2.80. The molecule has 0 unspecified atom stereocenters. The van der Waals surface area contributed by atoms with Crippen molar-refractivity contribution in [3.63, 3.8) is 0 Å². The molecule has 23 heavy (non-hydrogen) atoms. The fourth-order valence-electron chi connectivity index (χ4n) is 2.43. The van der Waals surface area contributed by atoms with Gasteiger partial charge in [-0.15, -0.1) is 11.3 Å². The highest BCUT2D eigenvalue weighted by Gasteiger charge is 2.18. The Morgan fingerprint density at radius 3 is 2.70 bits per heavy atom. The normalized spacial score (nSPS) is 11.2. The highest BCUT2D eigenvalue weighted by atomic mass is 32.1. The van der Waals surface area contributed by atoms with Crippen molar-refractivity contribution in [2.75, 3.05) is 6.61 Å². The number of para-hydroxylation sites is 1. The predicted molar refractivity (Wildman–Crippen MR) is 89.5 cm³/mol. The number of aromatic nitrogens is 4. The molecule has 3 heterocycles. The van der Waals surface area contributed by atoms with Crippen molar-refractivity contribution in [2.45, 2.75) is 6.92 Å². The minimum Gasteiger partial charge on any atom is -0.465 e. The van der Waals surface area contributed by atoms with Crippen molar-refractivity contribution >= 4 is 31.9 Å². The van der Waals surface area contributed by atoms with Crippen LogP contribution in [0.3, 0.4) is 0 Å². The van der Waals surface area contributed by atoms with Crippen LogP contribution >= 0.6 is 11.3 Å². The first-order valence-electron chi connectivity index (χ1n) is 7.14. The summed E-state index contributed by atoms with van der Waals surface area (Å²) in [7, 11) is 0. The third-order valence-corrected chi connectivity index (χ3v) is 4.45. The summed E-state index contributed by atoms with van der Waals surface area (Å²) in [6, 6.07) is 9.60. The third-order valence-electron chi connectivity index (χ3n) is 3.39. The Kier molecular flexibility index (Phi) is 3.27. The maximum absolute atomic E-state index is 13.0. The molecule has 0 radical (unpaired) electrons. The van der Waals surface area contributed by atoms with E-state index in [0.29, 0.717) is 32.9 Å². The van der Waals surface area contributed by atoms with Gasteiger partial charge in [0.05, 0.1) is 12.3 Å². The van der Waals surface area contributed by atoms with Crippen LogP contribution in [-0.2, 0) is 0 Å². The molecule has 0 bridgehead atoms. The van der Waals surface area contributed by atoms with Gasteiger partial charge in [0, 0.05) is 12.4 Å². The van der Waals surface area contributed by atoms with Crippen LogP contribution in [0.1, 0.15) is 6.92 Å². The van der Waals surface area contributed by atoms with Crippen molar-refractivity contribution < 1.29 is 4.74 Å². The maximum Gasteiger partial charge on any atom is 0.304 e. The molecule has 0 spiro atoms. The van der Waals surface area contributed by atoms with Crippen LogP contribution in [0.5, 0.6) is 6.01 Å². The molecular weight excluding hydrogens is 312 g/mol. The predicted octanol–water partition coefficient (Wildman–Crippen LogP) is 2.79. The van der Waals surface area contributed by atoms with Crippen molar-refractivity contribution in [1.82, 2.24) is 19.5 Å². The number of ether oxygens (including phenoxy) is 1. The lowest BCUT2D eigenvalue weighted by atomic mass is 10.3. The molecule has 7 heteroatoms. The number of hydrogen-bond acceptors (Lipinski definition) is 6. The van der Waals surface area contributed by atoms with Crippen LogP contribution < -0.4 is 10.3 Å². The third kappa shape index (κ3) is 2.17. The second kappa shape index (κ2) is 5.44. The summed E-state index contributed by atoms with van der Waals surface area (Å²) in [5.74, 6) is 0. The number of benzene rings is 1. The molecule has 0 aliphatic rings. The molecule has 0 aliphatic heterocycles. The fraction of sp³-hybridized carbons (Fsp3) is 0.125. The van der Waals surface area contributed by atoms with Crippen molar-refractivity contribution in [3.05, 3.63) is 53.1 Å². The minimum atomic E-state index is -0.172. The van der Waals surface area contributed by atoms with Gasteiger partial charge in [0.15, 0.2) is 0 Å². The van der Waals surface area contributed by atoms with E-state index in [1.54, 1.807) is 12.4 Å². The first-order valence-corrected chi connectivity index (χ1v) is 7.95. The molecule has 114 valence electrons. The summed E-state index contributed by atoms with van der Waals surface area (Å²) in [4.78, 5) is 26.8. The Labute approximate surface area is 135 Å². The van der Waals surface area contributed by atoms with Gasteiger partial charge in [0.2, 0.25) is 0 Å². The highest BCUT2D eigenvalue weighted by molar-refractivity contribution is 7.25. The van der Waals surface area contributed by atoms with Gasteiger partial charge in [-0.05, 0) is 19.1 Å². The first kappa shape index (κ1) is 13.8. The first-order chi connectivity index (χ1) is 11.3. The molecule has 0 fully saturated rings. The summed E-state index contributed by atoms with van der Waals surface area (Å²) >= 11 is 1.30. The number of rotatable bonds is 3. The topological polar surface area (TPSA) is 69.9 Å². The zero-order valence-electron chi connectivity index (χ0n) is 12.3. The van der Waals surface area contributed by atoms with Crippen molar-refractivity contribution in [2.24, 2.45) is 0 Å². The Balaban J connectivity index is 2.13. The fourth-order valence-corrected chi connectivity index (χ4v) is 3.40. The van der Waals surface area contributed by atoms with E-state index >= 15 is 0 Å². The molecule has 3 aromatic heterocycles. The molecule has 0 atom stereocenters. The quantitative estimate of drug-likeness (QED) is 0.579. The molecular formula is C16H12N4O2S. The highest BCUT2D eigenvalue weighted by Crippen LogP contribution is 2.29. The minimum absolute atomic E-state index is 0.172. The van der Waals surface area contributed by atoms with Gasteiger partial charge >= 0.3 is 6.01 Å². The average molecular weight is 324 g/mol. The second-order valence-corrected chi connectivity index (χ2v) is 5.79. The van der Waals surface area contributed by atoms with E-state index in [1.807, 2.05) is 37.3 Å². The Morgan fingerprint density at radius 2 is 1.91 bits per heavy atom. The standard InChI is InChI=1S/C16H12N4O2S/c1-2-22-16-19-11-12-14(18-9-8-17-12)23-13(11)15(21)20(16)10-6-4-3-5-7-10/h3-9H,2H2,1H3. The molecule has 0 N–H and O–H groups in total. The molecule has 1 aromatic carbocycles. The van der Waals surface area contributed by atoms with Gasteiger partial charge in [0.1, 0.15) is 20.6 Å². The van der Waals surface area contributed by atoms with E-state index in [2.05, 4.69) is 15.0 Å². The SMILES string of the molecule is CCOc1nc2c(sc3nccnc32)c(=O)n1-c1ccccc1. The number of thiophene rings is 1. The second-order valence-electron chi connectivity index (χ2n) is 4.79. The van der Waals surface area contributed by atoms with E-state index in [-0.39, 0.29) is 11.6 Å². The maximum atomic E-state index is 13.0. The van der Waals surface area contributed by atoms with Crippen molar-refractivity contribution in [3.8, 4) is 11.7 Å². The van der Waals surface area contributed by atoms with Crippen LogP contribution in [0.15, 0.2) is 47.5 Å². The number of hydrogen-bond donors (Lipinski definition) is 0. The van der Waals surface area contributed by atoms with E-state index < -0.39 is 0 Å². The van der Waals surface area contributed by atoms with E-state index in [1.165, 1.54) is 15.9 Å². The summed E-state index contributed by atoms with van der Waals surface area (Å²) in [6.07, 6.45) is 3.20. The smallest absolute Gasteiger partial charge is 0.304 e. The monoisotopic (exact) mass is 324 g/mol. The van der Waals surface area contributed by atoms with E-state index in [9.17, 15) is 4.79 Å². The number of fused-ring (bicyclic) bond motifs is 3. The Bertz CT molecular complexity index is 1060. The molecule has 0 saturated heterocycles. The Morgan fingerprint density at radius 1 is 1.13 bits per heavy atom. The van der Waals surface area contributed by atoms with E-state index in [4.69, 9.17) is 4.74 Å². The molecule has 0 saturated carbocycles. The molecule has 4 aromatic rings. The van der Waals surface area contributed by atoms with Gasteiger partial charge in [-0.25, -0.2) is 14.5 Å². The largest absolute Gasteiger partial charge is 0.465 e. The summed E-state index contributed by atoms with van der Waals surface area (Å²) < 4.78 is 7.62. The lowest BCUT2D eigenvalue weighted by Crippen LogP contribution is -2.21. The van der Waals surface area contributed by atoms with Crippen LogP contribution in [0.25, 0.3) is 26.3 Å². The van der Waals surface area contributed by atoms with Gasteiger partial charge < -0.3 is 4.74 Å². The lowest BCUT2D eigenvalue weighted by Gasteiger charge is -2.11. The van der Waals surface area contributed by atoms with Gasteiger partial charge in [-0.1, -0.05) is 18.2 Å². The van der Waals surface area contributed by atoms with E-state index in [0.717, 1.165) is 0 Å². The number of nitrogens with zero attached hydrogens (tertiary/aromatic N) is 4. The lowest BCUT2D eigenvalue weighted by molar-refractivity contribution is 0.304. The molecule has 6 nitrogen and oxygen atoms in total. The summed E-state index contributed by atoms with van der Waals surface area (Å²) in [6.45, 7) is 2.27. The zero-order chi connectivity index (χ0) is 15.8. The van der Waals surface area contributed by atoms with Crippen LogP contribution in [0.2, 0.25) is 0 Å². The van der Waals surface area contributed by atoms with Gasteiger partial charge in [-0.2, -0.15) is 4.98 Å². The molecule has 4 rings (SSSR count). The summed E-state index contributed by atoms with van der Waals surface area (Å²) in [5.41, 5.74) is 1.72. The van der Waals surface area contributed by atoms with Crippen LogP contribution in [0, 0.1) is 0 Å². The summed E-state index contributed by atoms with van der Waals surface area (Å²) in [5, 5.41) is 0. The molecule has 0 aliphatic carbocycles.